The van der Waals surface area contributed by atoms with Crippen LogP contribution in [-0.4, -0.2) is 32.2 Å². The molecule has 3 N–H and O–H groups in total. The molecule has 1 unspecified atom stereocenters. The molecule has 0 aromatic heterocycles. The largest absolute Gasteiger partial charge is 0.395 e. The molecule has 0 aromatic rings. The van der Waals surface area contributed by atoms with Gasteiger partial charge in [0.1, 0.15) is 0 Å². The summed E-state index contributed by atoms with van der Waals surface area (Å²) in [5.74, 6) is 0.0794. The molecule has 5 nitrogen and oxygen atoms in total. The van der Waals surface area contributed by atoms with E-state index in [1.807, 2.05) is 13.8 Å². The minimum absolute atomic E-state index is 0.0794. The van der Waals surface area contributed by atoms with E-state index in [-0.39, 0.29) is 18.6 Å². The van der Waals surface area contributed by atoms with Gasteiger partial charge in [0.25, 0.3) is 10.2 Å². The van der Waals surface area contributed by atoms with Gasteiger partial charge < -0.3 is 5.11 Å². The van der Waals surface area contributed by atoms with Gasteiger partial charge in [-0.15, -0.1) is 0 Å². The highest BCUT2D eigenvalue weighted by atomic mass is 32.2. The van der Waals surface area contributed by atoms with E-state index in [2.05, 4.69) is 9.44 Å². The van der Waals surface area contributed by atoms with Crippen molar-refractivity contribution in [2.75, 3.05) is 6.61 Å². The van der Waals surface area contributed by atoms with Crippen LogP contribution in [0.2, 0.25) is 0 Å². The molecule has 0 radical (unpaired) electrons. The molecule has 0 spiro atoms. The van der Waals surface area contributed by atoms with Crippen LogP contribution in [0.1, 0.15) is 26.7 Å². The van der Waals surface area contributed by atoms with Crippen molar-refractivity contribution < 1.29 is 13.5 Å². The van der Waals surface area contributed by atoms with Crippen LogP contribution in [0.3, 0.4) is 0 Å². The summed E-state index contributed by atoms with van der Waals surface area (Å²) in [6.07, 6.45) is 1.82. The fourth-order valence-corrected chi connectivity index (χ4v) is 2.53. The maximum Gasteiger partial charge on any atom is 0.277 e. The molecule has 14 heavy (non-hydrogen) atoms. The van der Waals surface area contributed by atoms with Gasteiger partial charge in [0.15, 0.2) is 0 Å². The maximum atomic E-state index is 11.4. The molecule has 0 heterocycles. The van der Waals surface area contributed by atoms with E-state index in [1.165, 1.54) is 0 Å². The third kappa shape index (κ3) is 3.91. The molecule has 1 aliphatic rings. The van der Waals surface area contributed by atoms with Gasteiger partial charge in [-0.05, 0) is 18.8 Å². The zero-order valence-corrected chi connectivity index (χ0v) is 9.34. The van der Waals surface area contributed by atoms with E-state index in [4.69, 9.17) is 5.11 Å². The molecule has 1 aliphatic carbocycles. The first-order chi connectivity index (χ1) is 6.44. The lowest BCUT2D eigenvalue weighted by molar-refractivity contribution is 0.227. The topological polar surface area (TPSA) is 78.4 Å². The van der Waals surface area contributed by atoms with Crippen molar-refractivity contribution in [1.82, 2.24) is 9.44 Å². The molecule has 6 heteroatoms. The molecular formula is C8H18N2O3S. The first kappa shape index (κ1) is 11.9. The second kappa shape index (κ2) is 4.57. The molecule has 1 saturated carbocycles. The Morgan fingerprint density at radius 3 is 2.36 bits per heavy atom. The highest BCUT2D eigenvalue weighted by Gasteiger charge is 2.28. The van der Waals surface area contributed by atoms with Crippen molar-refractivity contribution in [3.05, 3.63) is 0 Å². The van der Waals surface area contributed by atoms with E-state index in [9.17, 15) is 8.42 Å². The number of aliphatic hydroxyl groups is 1. The average molecular weight is 222 g/mol. The number of nitrogens with one attached hydrogen (secondary N) is 2. The zero-order valence-electron chi connectivity index (χ0n) is 8.53. The maximum absolute atomic E-state index is 11.4. The van der Waals surface area contributed by atoms with Crippen LogP contribution >= 0.6 is 0 Å². The van der Waals surface area contributed by atoms with Crippen LogP contribution < -0.4 is 9.44 Å². The van der Waals surface area contributed by atoms with Crippen LogP contribution in [0.5, 0.6) is 0 Å². The van der Waals surface area contributed by atoms with Crippen LogP contribution in [0.15, 0.2) is 0 Å². The van der Waals surface area contributed by atoms with Crippen LogP contribution in [0.25, 0.3) is 0 Å². The summed E-state index contributed by atoms with van der Waals surface area (Å²) in [5.41, 5.74) is 0. The highest BCUT2D eigenvalue weighted by molar-refractivity contribution is 7.87. The summed E-state index contributed by atoms with van der Waals surface area (Å²) in [6, 6.07) is -0.315. The second-order valence-corrected chi connectivity index (χ2v) is 5.52. The van der Waals surface area contributed by atoms with Crippen LogP contribution in [0.4, 0.5) is 0 Å². The molecule has 0 bridgehead atoms. The molecule has 1 fully saturated rings. The summed E-state index contributed by atoms with van der Waals surface area (Å²) in [6.45, 7) is 3.55. The SMILES string of the molecule is CC(C)C(CO)NS(=O)(=O)NC1CC1. The van der Waals surface area contributed by atoms with Gasteiger partial charge in [-0.25, -0.2) is 0 Å². The number of hydrogen-bond donors (Lipinski definition) is 3. The fourth-order valence-electron chi connectivity index (χ4n) is 1.04. The Morgan fingerprint density at radius 2 is 2.00 bits per heavy atom. The highest BCUT2D eigenvalue weighted by Crippen LogP contribution is 2.19. The molecule has 0 amide bonds. The summed E-state index contributed by atoms with van der Waals surface area (Å²) in [7, 11) is -3.43. The van der Waals surface area contributed by atoms with E-state index >= 15 is 0 Å². The second-order valence-electron chi connectivity index (χ2n) is 4.05. The fraction of sp³-hybridized carbons (Fsp3) is 1.00. The van der Waals surface area contributed by atoms with Gasteiger partial charge >= 0.3 is 0 Å². The Morgan fingerprint density at radius 1 is 1.43 bits per heavy atom. The first-order valence-electron chi connectivity index (χ1n) is 4.85. The van der Waals surface area contributed by atoms with Crippen LogP contribution in [0, 0.1) is 5.92 Å². The van der Waals surface area contributed by atoms with E-state index in [1.54, 1.807) is 0 Å². The predicted molar refractivity (Wildman–Crippen MR) is 53.9 cm³/mol. The van der Waals surface area contributed by atoms with Crippen molar-refractivity contribution >= 4 is 10.2 Å². The van der Waals surface area contributed by atoms with Crippen molar-refractivity contribution in [3.8, 4) is 0 Å². The average Bonchev–Trinajstić information content (AvgIpc) is 2.82. The lowest BCUT2D eigenvalue weighted by Gasteiger charge is -2.19. The van der Waals surface area contributed by atoms with Gasteiger partial charge in [-0.3, -0.25) is 0 Å². The van der Waals surface area contributed by atoms with Gasteiger partial charge in [0.05, 0.1) is 6.61 Å². The van der Waals surface area contributed by atoms with E-state index < -0.39 is 16.3 Å². The summed E-state index contributed by atoms with van der Waals surface area (Å²) >= 11 is 0. The van der Waals surface area contributed by atoms with Crippen molar-refractivity contribution in [2.45, 2.75) is 38.8 Å². The van der Waals surface area contributed by atoms with Gasteiger partial charge in [-0.1, -0.05) is 13.8 Å². The van der Waals surface area contributed by atoms with E-state index in [0.29, 0.717) is 0 Å². The lowest BCUT2D eigenvalue weighted by atomic mass is 10.1. The smallest absolute Gasteiger partial charge is 0.277 e. The number of aliphatic hydroxyl groups excluding tert-OH is 1. The van der Waals surface area contributed by atoms with Crippen LogP contribution in [-0.2, 0) is 10.2 Å². The third-order valence-electron chi connectivity index (χ3n) is 2.21. The van der Waals surface area contributed by atoms with Crippen molar-refractivity contribution in [1.29, 1.82) is 0 Å². The van der Waals surface area contributed by atoms with Crippen molar-refractivity contribution in [3.63, 3.8) is 0 Å². The molecular weight excluding hydrogens is 204 g/mol. The molecule has 0 saturated heterocycles. The lowest BCUT2D eigenvalue weighted by Crippen LogP contribution is -2.47. The molecule has 0 aliphatic heterocycles. The normalized spacial score (nSPS) is 20.0. The standard InChI is InChI=1S/C8H18N2O3S/c1-6(2)8(5-11)10-14(12,13)9-7-3-4-7/h6-11H,3-5H2,1-2H3. The molecule has 0 aromatic carbocycles. The Balaban J connectivity index is 2.46. The minimum atomic E-state index is -3.43. The quantitative estimate of drug-likeness (QED) is 0.571. The molecule has 1 atom stereocenters. The number of hydrogen-bond acceptors (Lipinski definition) is 3. The van der Waals surface area contributed by atoms with E-state index in [0.717, 1.165) is 12.8 Å². The zero-order chi connectivity index (χ0) is 10.8. The summed E-state index contributed by atoms with van der Waals surface area (Å²) < 4.78 is 27.8. The Bertz CT molecular complexity index is 272. The number of rotatable bonds is 6. The Labute approximate surface area is 85.1 Å². The Hall–Kier alpha value is -0.170. The van der Waals surface area contributed by atoms with Crippen molar-refractivity contribution in [2.24, 2.45) is 5.92 Å². The van der Waals surface area contributed by atoms with Gasteiger partial charge in [0, 0.05) is 12.1 Å². The van der Waals surface area contributed by atoms with Gasteiger partial charge in [-0.2, -0.15) is 17.9 Å². The van der Waals surface area contributed by atoms with Gasteiger partial charge in [0.2, 0.25) is 0 Å². The first-order valence-corrected chi connectivity index (χ1v) is 6.33. The molecule has 84 valence electrons. The molecule has 1 rings (SSSR count). The summed E-state index contributed by atoms with van der Waals surface area (Å²) in [4.78, 5) is 0. The predicted octanol–water partition coefficient (Wildman–Crippen LogP) is -0.410. The third-order valence-corrected chi connectivity index (χ3v) is 3.46. The minimum Gasteiger partial charge on any atom is -0.395 e. The Kier molecular flexibility index (Phi) is 3.88. The monoisotopic (exact) mass is 222 g/mol. The summed E-state index contributed by atoms with van der Waals surface area (Å²) in [5, 5.41) is 8.95.